The van der Waals surface area contributed by atoms with Crippen LogP contribution in [0, 0.1) is 0 Å². The first-order chi connectivity index (χ1) is 13.1. The Morgan fingerprint density at radius 1 is 1.30 bits per heavy atom. The largest absolute Gasteiger partial charge is 0.404 e. The third kappa shape index (κ3) is 5.76. The van der Waals surface area contributed by atoms with Crippen molar-refractivity contribution in [2.45, 2.75) is 45.6 Å². The molecular formula is C23H34N4. The molecule has 0 bridgehead atoms. The second-order valence-electron chi connectivity index (χ2n) is 6.90. The van der Waals surface area contributed by atoms with Gasteiger partial charge in [-0.2, -0.15) is 0 Å². The molecule has 0 amide bonds. The Balaban J connectivity index is 2.59. The zero-order chi connectivity index (χ0) is 19.6. The fourth-order valence-electron chi connectivity index (χ4n) is 3.38. The van der Waals surface area contributed by atoms with E-state index in [1.807, 2.05) is 6.08 Å². The number of anilines is 1. The highest BCUT2D eigenvalue weighted by atomic mass is 15.0. The van der Waals surface area contributed by atoms with E-state index in [4.69, 9.17) is 11.5 Å². The van der Waals surface area contributed by atoms with E-state index in [2.05, 4.69) is 55.3 Å². The summed E-state index contributed by atoms with van der Waals surface area (Å²) in [6, 6.07) is 4.81. The van der Waals surface area contributed by atoms with Gasteiger partial charge < -0.3 is 22.1 Å². The molecule has 4 nitrogen and oxygen atoms in total. The molecule has 1 saturated heterocycles. The lowest BCUT2D eigenvalue weighted by Crippen LogP contribution is -2.38. The summed E-state index contributed by atoms with van der Waals surface area (Å²) in [6.45, 7) is 10.2. The van der Waals surface area contributed by atoms with E-state index < -0.39 is 0 Å². The Morgan fingerprint density at radius 2 is 2.04 bits per heavy atom. The Morgan fingerprint density at radius 3 is 2.63 bits per heavy atom. The maximum Gasteiger partial charge on any atom is 0.0442 e. The van der Waals surface area contributed by atoms with E-state index in [0.29, 0.717) is 6.04 Å². The summed E-state index contributed by atoms with van der Waals surface area (Å²) in [7, 11) is 0. The first kappa shape index (κ1) is 20.8. The van der Waals surface area contributed by atoms with Crippen LogP contribution in [0.5, 0.6) is 0 Å². The van der Waals surface area contributed by atoms with Crippen molar-refractivity contribution in [2.75, 3.05) is 18.4 Å². The van der Waals surface area contributed by atoms with Crippen molar-refractivity contribution in [2.24, 2.45) is 11.5 Å². The quantitative estimate of drug-likeness (QED) is 0.560. The molecular weight excluding hydrogens is 332 g/mol. The van der Waals surface area contributed by atoms with E-state index in [-0.39, 0.29) is 0 Å². The predicted molar refractivity (Wildman–Crippen MR) is 119 cm³/mol. The van der Waals surface area contributed by atoms with Gasteiger partial charge in [-0.1, -0.05) is 38.7 Å². The van der Waals surface area contributed by atoms with Crippen LogP contribution in [0.2, 0.25) is 0 Å². The maximum absolute atomic E-state index is 6.13. The molecule has 2 rings (SSSR count). The smallest absolute Gasteiger partial charge is 0.0442 e. The van der Waals surface area contributed by atoms with Crippen molar-refractivity contribution in [3.05, 3.63) is 58.6 Å². The van der Waals surface area contributed by atoms with Gasteiger partial charge in [0.15, 0.2) is 0 Å². The monoisotopic (exact) mass is 366 g/mol. The molecule has 1 aliphatic heterocycles. The van der Waals surface area contributed by atoms with Gasteiger partial charge in [-0.05, 0) is 73.3 Å². The lowest BCUT2D eigenvalue weighted by atomic mass is 9.99. The predicted octanol–water partition coefficient (Wildman–Crippen LogP) is 2.56. The summed E-state index contributed by atoms with van der Waals surface area (Å²) in [6.07, 6.45) is 13.8. The molecule has 1 aliphatic rings. The van der Waals surface area contributed by atoms with Crippen LogP contribution in [-0.2, 0) is 0 Å². The highest BCUT2D eigenvalue weighted by Gasteiger charge is 2.14. The molecule has 0 aliphatic carbocycles. The third-order valence-corrected chi connectivity index (χ3v) is 4.88. The van der Waals surface area contributed by atoms with Crippen LogP contribution in [0.25, 0.3) is 17.8 Å². The molecule has 1 heterocycles. The topological polar surface area (TPSA) is 76.1 Å². The number of rotatable bonds is 7. The molecule has 1 fully saturated rings. The minimum absolute atomic E-state index is 0.451. The number of piperidine rings is 1. The Labute approximate surface area is 163 Å². The van der Waals surface area contributed by atoms with Crippen LogP contribution in [0.15, 0.2) is 42.6 Å². The number of allylic oxidation sites excluding steroid dienone is 5. The molecule has 0 unspecified atom stereocenters. The van der Waals surface area contributed by atoms with Crippen LogP contribution < -0.4 is 32.5 Å². The van der Waals surface area contributed by atoms with E-state index in [1.165, 1.54) is 0 Å². The second kappa shape index (κ2) is 10.6. The Hall–Kier alpha value is -2.46. The van der Waals surface area contributed by atoms with Gasteiger partial charge in [0.2, 0.25) is 0 Å². The summed E-state index contributed by atoms with van der Waals surface area (Å²) >= 11 is 0. The van der Waals surface area contributed by atoms with E-state index >= 15 is 0 Å². The van der Waals surface area contributed by atoms with Gasteiger partial charge in [-0.25, -0.2) is 0 Å². The summed E-state index contributed by atoms with van der Waals surface area (Å²) in [4.78, 5) is 0. The maximum atomic E-state index is 6.13. The first-order valence-corrected chi connectivity index (χ1v) is 9.95. The van der Waals surface area contributed by atoms with Crippen LogP contribution in [0.3, 0.4) is 0 Å². The second-order valence-corrected chi connectivity index (χ2v) is 6.90. The summed E-state index contributed by atoms with van der Waals surface area (Å²) in [5.74, 6) is 0. The standard InChI is InChI=1S/C23H34N4/c1-4-7-17(14-20(25)6-3)19-13-18(8-5-2)22(16-24)23(15-19)27-21-9-11-26-12-10-21/h5,7-8,13-16,21,26-27H,2,4,6,9-12,24-25H2,1,3H3/b17-7+,18-8-,20-14-,22-16+. The van der Waals surface area contributed by atoms with E-state index in [9.17, 15) is 0 Å². The Bertz CT molecular complexity index is 812. The minimum atomic E-state index is 0.451. The molecule has 146 valence electrons. The average Bonchev–Trinajstić information content (AvgIpc) is 2.68. The highest BCUT2D eigenvalue weighted by molar-refractivity contribution is 5.77. The first-order valence-electron chi connectivity index (χ1n) is 9.95. The molecule has 0 aromatic heterocycles. The molecule has 6 N–H and O–H groups in total. The lowest BCUT2D eigenvalue weighted by molar-refractivity contribution is 0.479. The van der Waals surface area contributed by atoms with Crippen molar-refractivity contribution in [1.82, 2.24) is 5.32 Å². The van der Waals surface area contributed by atoms with Crippen LogP contribution in [-0.4, -0.2) is 19.1 Å². The van der Waals surface area contributed by atoms with Crippen molar-refractivity contribution in [3.63, 3.8) is 0 Å². The fraction of sp³-hybridized carbons (Fsp3) is 0.391. The van der Waals surface area contributed by atoms with Crippen molar-refractivity contribution < 1.29 is 0 Å². The van der Waals surface area contributed by atoms with Gasteiger partial charge in [0.1, 0.15) is 0 Å². The number of hydrogen-bond donors (Lipinski definition) is 4. The molecule has 4 heteroatoms. The molecule has 0 saturated carbocycles. The molecule has 0 atom stereocenters. The number of nitrogens with two attached hydrogens (primary N) is 2. The lowest BCUT2D eigenvalue weighted by Gasteiger charge is -2.25. The van der Waals surface area contributed by atoms with Crippen LogP contribution in [0.1, 0.15) is 45.1 Å². The summed E-state index contributed by atoms with van der Waals surface area (Å²) in [5.41, 5.74) is 16.4. The zero-order valence-electron chi connectivity index (χ0n) is 16.7. The Kier molecular flexibility index (Phi) is 8.21. The van der Waals surface area contributed by atoms with Gasteiger partial charge in [0.05, 0.1) is 0 Å². The highest BCUT2D eigenvalue weighted by Crippen LogP contribution is 2.20. The van der Waals surface area contributed by atoms with Gasteiger partial charge >= 0.3 is 0 Å². The van der Waals surface area contributed by atoms with Gasteiger partial charge in [0, 0.05) is 28.8 Å². The molecule has 27 heavy (non-hydrogen) atoms. The third-order valence-electron chi connectivity index (χ3n) is 4.88. The zero-order valence-corrected chi connectivity index (χ0v) is 16.7. The van der Waals surface area contributed by atoms with Crippen molar-refractivity contribution in [1.29, 1.82) is 0 Å². The average molecular weight is 367 g/mol. The fourth-order valence-corrected chi connectivity index (χ4v) is 3.38. The van der Waals surface area contributed by atoms with Gasteiger partial charge in [0.25, 0.3) is 0 Å². The van der Waals surface area contributed by atoms with Crippen molar-refractivity contribution in [3.8, 4) is 0 Å². The number of benzene rings is 1. The van der Waals surface area contributed by atoms with Crippen molar-refractivity contribution >= 4 is 23.5 Å². The van der Waals surface area contributed by atoms with E-state index in [1.54, 1.807) is 12.3 Å². The van der Waals surface area contributed by atoms with Gasteiger partial charge in [-0.3, -0.25) is 0 Å². The van der Waals surface area contributed by atoms with Crippen LogP contribution in [0.4, 0.5) is 5.69 Å². The normalized spacial score (nSPS) is 18.0. The molecule has 1 aromatic rings. The summed E-state index contributed by atoms with van der Waals surface area (Å²) in [5, 5.41) is 9.21. The molecule has 0 spiro atoms. The molecule has 0 radical (unpaired) electrons. The number of hydrogen-bond acceptors (Lipinski definition) is 4. The van der Waals surface area contributed by atoms with Crippen LogP contribution >= 0.6 is 0 Å². The van der Waals surface area contributed by atoms with Gasteiger partial charge in [-0.15, -0.1) is 0 Å². The molecule has 1 aromatic carbocycles. The minimum Gasteiger partial charge on any atom is -0.404 e. The van der Waals surface area contributed by atoms with E-state index in [0.717, 1.165) is 71.7 Å². The number of nitrogens with one attached hydrogen (secondary N) is 2. The summed E-state index contributed by atoms with van der Waals surface area (Å²) < 4.78 is 0. The SMILES string of the molecule is C=C/C=c1/cc(C(/C=C(\N)CC)=C/CC)cc(NC2CCNCC2)/c1=C/N.